The molecule has 146 valence electrons. The van der Waals surface area contributed by atoms with E-state index in [4.69, 9.17) is 5.73 Å². The molecule has 2 bridgehead atoms. The lowest BCUT2D eigenvalue weighted by Crippen LogP contribution is -2.62. The summed E-state index contributed by atoms with van der Waals surface area (Å²) >= 11 is 0. The van der Waals surface area contributed by atoms with Crippen LogP contribution in [0.2, 0.25) is 0 Å². The smallest absolute Gasteiger partial charge is 0.322 e. The zero-order valence-electron chi connectivity index (χ0n) is 15.4. The Hall–Kier alpha value is -2.93. The van der Waals surface area contributed by atoms with E-state index in [1.807, 2.05) is 6.07 Å². The van der Waals surface area contributed by atoms with Crippen LogP contribution in [0.5, 0.6) is 0 Å². The number of carbonyl (C=O) groups is 2. The Morgan fingerprint density at radius 2 is 1.75 bits per heavy atom. The normalized spacial score (nSPS) is 23.9. The van der Waals surface area contributed by atoms with Crippen LogP contribution in [0.25, 0.3) is 11.1 Å². The van der Waals surface area contributed by atoms with Gasteiger partial charge < -0.3 is 26.1 Å². The van der Waals surface area contributed by atoms with Crippen LogP contribution in [0.15, 0.2) is 42.5 Å². The molecule has 0 radical (unpaired) electrons. The minimum Gasteiger partial charge on any atom is -0.397 e. The van der Waals surface area contributed by atoms with Gasteiger partial charge in [0, 0.05) is 31.1 Å². The molecular weight excluding hydrogens is 359 g/mol. The standard InChI is InChI=1S/C21H23FN4O2/c22-16-4-1-14(2-5-16)15-3-6-19(23)20(9-15)25-21(28)26-10-17-7-13(12-27)8-18(11-26)24-17/h1-6,9,12-13,17-18,24H,7-8,10-11,23H2,(H,25,28). The molecule has 2 heterocycles. The van der Waals surface area contributed by atoms with Crippen LogP contribution in [-0.4, -0.2) is 42.4 Å². The van der Waals surface area contributed by atoms with Gasteiger partial charge in [-0.25, -0.2) is 9.18 Å². The molecule has 4 N–H and O–H groups in total. The summed E-state index contributed by atoms with van der Waals surface area (Å²) in [5.41, 5.74) is 8.73. The number of aldehydes is 1. The first-order valence-corrected chi connectivity index (χ1v) is 9.44. The van der Waals surface area contributed by atoms with Gasteiger partial charge in [0.25, 0.3) is 0 Å². The molecule has 7 heteroatoms. The second-order valence-electron chi connectivity index (χ2n) is 7.57. The van der Waals surface area contributed by atoms with E-state index in [0.717, 1.165) is 30.3 Å². The number of likely N-dealkylation sites (tertiary alicyclic amines) is 1. The molecule has 0 saturated carbocycles. The number of anilines is 2. The maximum Gasteiger partial charge on any atom is 0.322 e. The Morgan fingerprint density at radius 1 is 1.11 bits per heavy atom. The van der Waals surface area contributed by atoms with E-state index in [1.165, 1.54) is 12.1 Å². The maximum atomic E-state index is 13.2. The number of hydrogen-bond acceptors (Lipinski definition) is 4. The van der Waals surface area contributed by atoms with Crippen LogP contribution < -0.4 is 16.4 Å². The number of amides is 2. The first-order chi connectivity index (χ1) is 13.5. The summed E-state index contributed by atoms with van der Waals surface area (Å²) in [6.07, 6.45) is 2.54. The van der Waals surface area contributed by atoms with Gasteiger partial charge >= 0.3 is 6.03 Å². The van der Waals surface area contributed by atoms with Crippen molar-refractivity contribution in [2.75, 3.05) is 24.1 Å². The second kappa shape index (κ2) is 7.59. The molecular formula is C21H23FN4O2. The number of nitrogens with two attached hydrogens (primary N) is 1. The van der Waals surface area contributed by atoms with E-state index in [2.05, 4.69) is 10.6 Å². The number of halogens is 1. The summed E-state index contributed by atoms with van der Waals surface area (Å²) in [6.45, 7) is 1.12. The van der Waals surface area contributed by atoms with Crippen LogP contribution in [0.4, 0.5) is 20.6 Å². The van der Waals surface area contributed by atoms with Crippen LogP contribution in [0.3, 0.4) is 0 Å². The van der Waals surface area contributed by atoms with Crippen molar-refractivity contribution in [3.05, 3.63) is 48.3 Å². The lowest BCUT2D eigenvalue weighted by Gasteiger charge is -2.44. The highest BCUT2D eigenvalue weighted by molar-refractivity contribution is 5.94. The average molecular weight is 382 g/mol. The second-order valence-corrected chi connectivity index (χ2v) is 7.57. The van der Waals surface area contributed by atoms with E-state index < -0.39 is 0 Å². The number of nitrogen functional groups attached to an aromatic ring is 1. The Balaban J connectivity index is 1.48. The summed E-state index contributed by atoms with van der Waals surface area (Å²) in [5.74, 6) is -0.224. The first-order valence-electron chi connectivity index (χ1n) is 9.44. The molecule has 2 unspecified atom stereocenters. The molecule has 0 aromatic heterocycles. The number of nitrogens with zero attached hydrogens (tertiary/aromatic N) is 1. The van der Waals surface area contributed by atoms with Crippen molar-refractivity contribution < 1.29 is 14.0 Å². The molecule has 2 aliphatic rings. The summed E-state index contributed by atoms with van der Waals surface area (Å²) in [7, 11) is 0. The molecule has 2 saturated heterocycles. The van der Waals surface area contributed by atoms with Gasteiger partial charge in [-0.2, -0.15) is 0 Å². The van der Waals surface area contributed by atoms with Gasteiger partial charge in [0.2, 0.25) is 0 Å². The SMILES string of the molecule is Nc1ccc(-c2ccc(F)cc2)cc1NC(=O)N1CC2CC(C=O)CC(C1)N2. The zero-order chi connectivity index (χ0) is 19.7. The van der Waals surface area contributed by atoms with Gasteiger partial charge in [-0.05, 0) is 48.2 Å². The predicted octanol–water partition coefficient (Wildman–Crippen LogP) is 2.86. The fourth-order valence-corrected chi connectivity index (χ4v) is 4.12. The fourth-order valence-electron chi connectivity index (χ4n) is 4.12. The predicted molar refractivity (Wildman–Crippen MR) is 106 cm³/mol. The Labute approximate surface area is 162 Å². The molecule has 6 nitrogen and oxygen atoms in total. The van der Waals surface area contributed by atoms with E-state index in [-0.39, 0.29) is 29.8 Å². The quantitative estimate of drug-likeness (QED) is 0.563. The van der Waals surface area contributed by atoms with Gasteiger partial charge in [-0.15, -0.1) is 0 Å². The number of urea groups is 1. The van der Waals surface area contributed by atoms with E-state index in [1.54, 1.807) is 29.2 Å². The molecule has 0 spiro atoms. The zero-order valence-corrected chi connectivity index (χ0v) is 15.4. The van der Waals surface area contributed by atoms with Gasteiger partial charge in [0.05, 0.1) is 11.4 Å². The number of piperazine rings is 1. The molecule has 2 aromatic carbocycles. The highest BCUT2D eigenvalue weighted by atomic mass is 19.1. The lowest BCUT2D eigenvalue weighted by molar-refractivity contribution is -0.112. The molecule has 2 aromatic rings. The Morgan fingerprint density at radius 3 is 2.39 bits per heavy atom. The lowest BCUT2D eigenvalue weighted by atomic mass is 9.86. The van der Waals surface area contributed by atoms with Crippen molar-refractivity contribution in [2.24, 2.45) is 5.92 Å². The van der Waals surface area contributed by atoms with Gasteiger partial charge in [-0.1, -0.05) is 18.2 Å². The van der Waals surface area contributed by atoms with Crippen LogP contribution in [0, 0.1) is 11.7 Å². The number of rotatable bonds is 3. The van der Waals surface area contributed by atoms with Crippen molar-refractivity contribution in [1.29, 1.82) is 0 Å². The fraction of sp³-hybridized carbons (Fsp3) is 0.333. The molecule has 28 heavy (non-hydrogen) atoms. The minimum absolute atomic E-state index is 0.0736. The summed E-state index contributed by atoms with van der Waals surface area (Å²) in [6, 6.07) is 11.6. The third-order valence-electron chi connectivity index (χ3n) is 5.48. The number of benzene rings is 2. The molecule has 2 atom stereocenters. The van der Waals surface area contributed by atoms with Crippen molar-refractivity contribution in [1.82, 2.24) is 10.2 Å². The summed E-state index contributed by atoms with van der Waals surface area (Å²) in [4.78, 5) is 25.7. The Bertz CT molecular complexity index is 872. The van der Waals surface area contributed by atoms with Crippen LogP contribution in [0.1, 0.15) is 12.8 Å². The topological polar surface area (TPSA) is 87.5 Å². The first kappa shape index (κ1) is 18.4. The van der Waals surface area contributed by atoms with Gasteiger partial charge in [0.1, 0.15) is 12.1 Å². The van der Waals surface area contributed by atoms with E-state index >= 15 is 0 Å². The number of fused-ring (bicyclic) bond motifs is 2. The van der Waals surface area contributed by atoms with E-state index in [9.17, 15) is 14.0 Å². The van der Waals surface area contributed by atoms with Crippen molar-refractivity contribution in [3.63, 3.8) is 0 Å². The number of hydrogen-bond donors (Lipinski definition) is 3. The highest BCUT2D eigenvalue weighted by Gasteiger charge is 2.36. The third kappa shape index (κ3) is 3.84. The van der Waals surface area contributed by atoms with E-state index in [0.29, 0.717) is 24.5 Å². The van der Waals surface area contributed by atoms with Gasteiger partial charge in [0.15, 0.2) is 0 Å². The highest BCUT2D eigenvalue weighted by Crippen LogP contribution is 2.29. The monoisotopic (exact) mass is 382 g/mol. The van der Waals surface area contributed by atoms with Crippen molar-refractivity contribution >= 4 is 23.7 Å². The molecule has 2 fully saturated rings. The molecule has 2 aliphatic heterocycles. The molecule has 2 amide bonds. The third-order valence-corrected chi connectivity index (χ3v) is 5.48. The minimum atomic E-state index is -0.297. The van der Waals surface area contributed by atoms with Crippen LogP contribution in [-0.2, 0) is 4.79 Å². The van der Waals surface area contributed by atoms with Crippen molar-refractivity contribution in [2.45, 2.75) is 24.9 Å². The van der Waals surface area contributed by atoms with Gasteiger partial charge in [-0.3, -0.25) is 0 Å². The molecule has 4 rings (SSSR count). The number of carbonyl (C=O) groups excluding carboxylic acids is 2. The molecule has 0 aliphatic carbocycles. The summed E-state index contributed by atoms with van der Waals surface area (Å²) in [5, 5.41) is 6.38. The van der Waals surface area contributed by atoms with Crippen LogP contribution >= 0.6 is 0 Å². The Kier molecular flexibility index (Phi) is 5.00. The number of nitrogens with one attached hydrogen (secondary N) is 2. The summed E-state index contributed by atoms with van der Waals surface area (Å²) < 4.78 is 13.2. The largest absolute Gasteiger partial charge is 0.397 e. The average Bonchev–Trinajstić information content (AvgIpc) is 2.69. The maximum absolute atomic E-state index is 13.2. The number of piperidine rings is 1. The van der Waals surface area contributed by atoms with Crippen molar-refractivity contribution in [3.8, 4) is 11.1 Å².